The SMILES string of the molecule is CN1C(=N)SC(=Cc2cccnc2)C1=O. The standard InChI is InChI=1S/C10H9N3OS/c1-13-9(14)8(15-10(13)11)5-7-3-2-4-12-6-7/h2-6,11H,1H3. The Hall–Kier alpha value is -1.62. The van der Waals surface area contributed by atoms with Gasteiger partial charge < -0.3 is 0 Å². The van der Waals surface area contributed by atoms with Crippen molar-refractivity contribution in [3.63, 3.8) is 0 Å². The van der Waals surface area contributed by atoms with Crippen molar-refractivity contribution in [1.82, 2.24) is 9.88 Å². The molecule has 1 amide bonds. The molecule has 1 aliphatic rings. The normalized spacial score (nSPS) is 19.0. The molecule has 0 saturated carbocycles. The molecule has 76 valence electrons. The van der Waals surface area contributed by atoms with Crippen molar-refractivity contribution in [2.75, 3.05) is 7.05 Å². The van der Waals surface area contributed by atoms with E-state index in [9.17, 15) is 4.79 Å². The summed E-state index contributed by atoms with van der Waals surface area (Å²) in [6.45, 7) is 0. The molecule has 2 heterocycles. The fourth-order valence-corrected chi connectivity index (χ4v) is 2.03. The van der Waals surface area contributed by atoms with Crippen LogP contribution in [0.1, 0.15) is 5.56 Å². The van der Waals surface area contributed by atoms with Gasteiger partial charge in [-0.25, -0.2) is 0 Å². The zero-order valence-electron chi connectivity index (χ0n) is 8.10. The van der Waals surface area contributed by atoms with E-state index in [0.717, 1.165) is 5.56 Å². The minimum atomic E-state index is -0.131. The van der Waals surface area contributed by atoms with Crippen molar-refractivity contribution in [1.29, 1.82) is 5.41 Å². The lowest BCUT2D eigenvalue weighted by Gasteiger charge is -2.03. The number of thioether (sulfide) groups is 1. The lowest BCUT2D eigenvalue weighted by Crippen LogP contribution is -2.22. The number of pyridine rings is 1. The third kappa shape index (κ3) is 1.92. The number of likely N-dealkylation sites (N-methyl/N-ethyl adjacent to an activating group) is 1. The molecule has 1 N–H and O–H groups in total. The molecule has 0 unspecified atom stereocenters. The molecular weight excluding hydrogens is 210 g/mol. The molecule has 0 aliphatic carbocycles. The molecule has 0 aromatic carbocycles. The number of carbonyl (C=O) groups is 1. The maximum absolute atomic E-state index is 11.6. The fraction of sp³-hybridized carbons (Fsp3) is 0.100. The second-order valence-electron chi connectivity index (χ2n) is 3.07. The quantitative estimate of drug-likeness (QED) is 0.729. The van der Waals surface area contributed by atoms with E-state index in [4.69, 9.17) is 5.41 Å². The van der Waals surface area contributed by atoms with Crippen LogP contribution in [0.4, 0.5) is 0 Å². The molecule has 0 bridgehead atoms. The van der Waals surface area contributed by atoms with Gasteiger partial charge in [-0.2, -0.15) is 0 Å². The summed E-state index contributed by atoms with van der Waals surface area (Å²) in [5, 5.41) is 7.75. The van der Waals surface area contributed by atoms with Crippen LogP contribution >= 0.6 is 11.8 Å². The average molecular weight is 219 g/mol. The van der Waals surface area contributed by atoms with Crippen LogP contribution in [0, 0.1) is 5.41 Å². The summed E-state index contributed by atoms with van der Waals surface area (Å²) >= 11 is 1.17. The molecule has 0 spiro atoms. The van der Waals surface area contributed by atoms with Crippen molar-refractivity contribution in [2.24, 2.45) is 0 Å². The summed E-state index contributed by atoms with van der Waals surface area (Å²) in [6, 6.07) is 3.68. The maximum Gasteiger partial charge on any atom is 0.266 e. The molecule has 2 rings (SSSR count). The molecule has 0 atom stereocenters. The van der Waals surface area contributed by atoms with Gasteiger partial charge in [0.25, 0.3) is 5.91 Å². The molecule has 1 saturated heterocycles. The molecule has 15 heavy (non-hydrogen) atoms. The van der Waals surface area contributed by atoms with E-state index in [-0.39, 0.29) is 11.1 Å². The molecule has 1 fully saturated rings. The van der Waals surface area contributed by atoms with E-state index in [1.165, 1.54) is 16.7 Å². The molecule has 5 heteroatoms. The number of amides is 1. The van der Waals surface area contributed by atoms with Gasteiger partial charge >= 0.3 is 0 Å². The largest absolute Gasteiger partial charge is 0.290 e. The van der Waals surface area contributed by atoms with E-state index in [1.54, 1.807) is 25.5 Å². The number of amidine groups is 1. The number of aromatic nitrogens is 1. The van der Waals surface area contributed by atoms with Crippen molar-refractivity contribution >= 4 is 28.9 Å². The van der Waals surface area contributed by atoms with Crippen LogP contribution in [0.2, 0.25) is 0 Å². The van der Waals surface area contributed by atoms with Gasteiger partial charge in [-0.05, 0) is 29.5 Å². The first-order valence-electron chi connectivity index (χ1n) is 4.34. The van der Waals surface area contributed by atoms with Crippen molar-refractivity contribution in [3.05, 3.63) is 35.0 Å². The Bertz CT molecular complexity index is 441. The minimum absolute atomic E-state index is 0.131. The van der Waals surface area contributed by atoms with E-state index in [2.05, 4.69) is 4.98 Å². The first-order chi connectivity index (χ1) is 7.18. The first-order valence-corrected chi connectivity index (χ1v) is 5.16. The van der Waals surface area contributed by atoms with Crippen LogP contribution in [0.3, 0.4) is 0 Å². The van der Waals surface area contributed by atoms with Crippen LogP contribution in [-0.4, -0.2) is 28.0 Å². The Morgan fingerprint density at radius 2 is 2.40 bits per heavy atom. The highest BCUT2D eigenvalue weighted by Crippen LogP contribution is 2.29. The molecule has 0 radical (unpaired) electrons. The van der Waals surface area contributed by atoms with Gasteiger partial charge in [0.05, 0.1) is 4.91 Å². The number of rotatable bonds is 1. The second-order valence-corrected chi connectivity index (χ2v) is 4.10. The van der Waals surface area contributed by atoms with Crippen molar-refractivity contribution in [2.45, 2.75) is 0 Å². The summed E-state index contributed by atoms with van der Waals surface area (Å²) < 4.78 is 0. The molecule has 4 nitrogen and oxygen atoms in total. The van der Waals surface area contributed by atoms with Crippen LogP contribution < -0.4 is 0 Å². The summed E-state index contributed by atoms with van der Waals surface area (Å²) in [6.07, 6.45) is 5.11. The highest BCUT2D eigenvalue weighted by Gasteiger charge is 2.28. The lowest BCUT2D eigenvalue weighted by molar-refractivity contribution is -0.121. The van der Waals surface area contributed by atoms with Crippen molar-refractivity contribution in [3.8, 4) is 0 Å². The monoisotopic (exact) mass is 219 g/mol. The number of nitrogens with one attached hydrogen (secondary N) is 1. The van der Waals surface area contributed by atoms with Crippen molar-refractivity contribution < 1.29 is 4.79 Å². The Morgan fingerprint density at radius 3 is 2.93 bits per heavy atom. The number of hydrogen-bond acceptors (Lipinski definition) is 4. The fourth-order valence-electron chi connectivity index (χ4n) is 1.18. The molecule has 1 aliphatic heterocycles. The van der Waals surface area contributed by atoms with Crippen LogP contribution in [0.15, 0.2) is 29.4 Å². The average Bonchev–Trinajstić information content (AvgIpc) is 2.48. The first kappa shape index (κ1) is 9.92. The summed E-state index contributed by atoms with van der Waals surface area (Å²) in [5.41, 5.74) is 0.872. The Kier molecular flexibility index (Phi) is 2.55. The second kappa shape index (κ2) is 3.86. The topological polar surface area (TPSA) is 57.1 Å². The number of nitrogens with zero attached hydrogens (tertiary/aromatic N) is 2. The molecule has 1 aromatic heterocycles. The summed E-state index contributed by atoms with van der Waals surface area (Å²) in [4.78, 5) is 17.4. The predicted octanol–water partition coefficient (Wildman–Crippen LogP) is 1.56. The Labute approximate surface area is 91.5 Å². The zero-order valence-corrected chi connectivity index (χ0v) is 8.91. The number of carbonyl (C=O) groups excluding carboxylic acids is 1. The van der Waals surface area contributed by atoms with Crippen LogP contribution in [-0.2, 0) is 4.79 Å². The molecule has 1 aromatic rings. The van der Waals surface area contributed by atoms with Gasteiger partial charge in [0.15, 0.2) is 5.17 Å². The number of hydrogen-bond donors (Lipinski definition) is 1. The highest BCUT2D eigenvalue weighted by molar-refractivity contribution is 8.18. The van der Waals surface area contributed by atoms with E-state index in [0.29, 0.717) is 4.91 Å². The Balaban J connectivity index is 2.30. The smallest absolute Gasteiger partial charge is 0.266 e. The maximum atomic E-state index is 11.6. The van der Waals surface area contributed by atoms with E-state index < -0.39 is 0 Å². The summed E-state index contributed by atoms with van der Waals surface area (Å²) in [7, 11) is 1.60. The Morgan fingerprint density at radius 1 is 1.60 bits per heavy atom. The van der Waals surface area contributed by atoms with Gasteiger partial charge in [-0.1, -0.05) is 6.07 Å². The minimum Gasteiger partial charge on any atom is -0.290 e. The van der Waals surface area contributed by atoms with Gasteiger partial charge in [-0.3, -0.25) is 20.1 Å². The zero-order chi connectivity index (χ0) is 10.8. The summed E-state index contributed by atoms with van der Waals surface area (Å²) in [5.74, 6) is -0.131. The third-order valence-electron chi connectivity index (χ3n) is 2.01. The van der Waals surface area contributed by atoms with Gasteiger partial charge in [0.1, 0.15) is 0 Å². The lowest BCUT2D eigenvalue weighted by atomic mass is 10.2. The van der Waals surface area contributed by atoms with Gasteiger partial charge in [0, 0.05) is 19.4 Å². The van der Waals surface area contributed by atoms with Crippen LogP contribution in [0.25, 0.3) is 6.08 Å². The van der Waals surface area contributed by atoms with E-state index >= 15 is 0 Å². The van der Waals surface area contributed by atoms with Crippen LogP contribution in [0.5, 0.6) is 0 Å². The predicted molar refractivity (Wildman–Crippen MR) is 60.3 cm³/mol. The van der Waals surface area contributed by atoms with Gasteiger partial charge in [-0.15, -0.1) is 0 Å². The highest BCUT2D eigenvalue weighted by atomic mass is 32.2. The van der Waals surface area contributed by atoms with E-state index in [1.807, 2.05) is 12.1 Å². The molecular formula is C10H9N3OS. The van der Waals surface area contributed by atoms with Gasteiger partial charge in [0.2, 0.25) is 0 Å². The third-order valence-corrected chi connectivity index (χ3v) is 2.99.